The Morgan fingerprint density at radius 1 is 1.25 bits per heavy atom. The van der Waals surface area contributed by atoms with E-state index >= 15 is 4.39 Å². The molecule has 36 heavy (non-hydrogen) atoms. The van der Waals surface area contributed by atoms with E-state index in [1.165, 1.54) is 0 Å². The van der Waals surface area contributed by atoms with Gasteiger partial charge in [0.05, 0.1) is 35.6 Å². The molecule has 2 aliphatic heterocycles. The summed E-state index contributed by atoms with van der Waals surface area (Å²) in [6.07, 6.45) is 1.42. The van der Waals surface area contributed by atoms with Crippen molar-refractivity contribution in [2.75, 3.05) is 0 Å². The number of fused-ring (bicyclic) bond motifs is 5. The maximum absolute atomic E-state index is 16.4. The van der Waals surface area contributed by atoms with Crippen molar-refractivity contribution in [2.45, 2.75) is 77.0 Å². The van der Waals surface area contributed by atoms with E-state index in [1.807, 2.05) is 42.7 Å². The molecule has 6 rings (SSSR count). The molecule has 0 aliphatic carbocycles. The van der Waals surface area contributed by atoms with Gasteiger partial charge in [0.2, 0.25) is 5.91 Å². The number of primary amides is 1. The van der Waals surface area contributed by atoms with E-state index in [0.717, 1.165) is 28.5 Å². The van der Waals surface area contributed by atoms with Gasteiger partial charge in [-0.3, -0.25) is 4.79 Å². The molecule has 188 valence electrons. The average Bonchev–Trinajstić information content (AvgIpc) is 3.55. The van der Waals surface area contributed by atoms with Crippen LogP contribution in [0.2, 0.25) is 0 Å². The number of alkyl halides is 1. The number of halogens is 1. The standard InChI is InChI=1S/C28H30FN3O4/c1-14-24(15(2)36-31-14)16-9-20(26(30)33)25-19-7-5-17(27(3,4)34)11-21(19)32(22(25)10-16)13-28(29)12-18-6-8-23(28)35-18/h5,7,9-11,18,23,34H,6,8,12-13H2,1-4H3,(H2,30,33)/t18-,23+,28-/m0/s1. The molecule has 2 aromatic heterocycles. The number of carbonyl (C=O) groups excluding carboxylic acids is 1. The number of nitrogens with zero attached hydrogens (tertiary/aromatic N) is 2. The Balaban J connectivity index is 1.68. The molecule has 2 aromatic carbocycles. The Bertz CT molecular complexity index is 1530. The largest absolute Gasteiger partial charge is 0.386 e. The molecule has 3 atom stereocenters. The summed E-state index contributed by atoms with van der Waals surface area (Å²) in [5.41, 5.74) is 7.97. The first-order chi connectivity index (χ1) is 17.0. The van der Waals surface area contributed by atoms with Gasteiger partial charge in [0.1, 0.15) is 5.76 Å². The zero-order valence-corrected chi connectivity index (χ0v) is 20.9. The van der Waals surface area contributed by atoms with Gasteiger partial charge in [-0.25, -0.2) is 4.39 Å². The summed E-state index contributed by atoms with van der Waals surface area (Å²) >= 11 is 0. The van der Waals surface area contributed by atoms with Crippen LogP contribution in [0, 0.1) is 13.8 Å². The topological polar surface area (TPSA) is 104 Å². The zero-order chi connectivity index (χ0) is 25.6. The Labute approximate surface area is 208 Å². The molecule has 2 fully saturated rings. The second-order valence-electron chi connectivity index (χ2n) is 10.9. The first-order valence-electron chi connectivity index (χ1n) is 12.4. The van der Waals surface area contributed by atoms with E-state index in [0.29, 0.717) is 46.3 Å². The highest BCUT2D eigenvalue weighted by atomic mass is 19.1. The van der Waals surface area contributed by atoms with Gasteiger partial charge < -0.3 is 24.7 Å². The normalized spacial score (nSPS) is 23.8. The molecular weight excluding hydrogens is 461 g/mol. The summed E-state index contributed by atoms with van der Waals surface area (Å²) in [7, 11) is 0. The van der Waals surface area contributed by atoms with Crippen LogP contribution in [0.25, 0.3) is 32.9 Å². The smallest absolute Gasteiger partial charge is 0.249 e. The minimum atomic E-state index is -1.53. The minimum Gasteiger partial charge on any atom is -0.386 e. The van der Waals surface area contributed by atoms with Crippen molar-refractivity contribution in [2.24, 2.45) is 5.73 Å². The monoisotopic (exact) mass is 491 g/mol. The Morgan fingerprint density at radius 3 is 2.61 bits per heavy atom. The number of rotatable bonds is 5. The molecule has 2 saturated heterocycles. The highest BCUT2D eigenvalue weighted by Gasteiger charge is 2.53. The number of benzene rings is 2. The molecule has 0 spiro atoms. The van der Waals surface area contributed by atoms with Crippen molar-refractivity contribution >= 4 is 27.7 Å². The number of amides is 1. The van der Waals surface area contributed by atoms with E-state index in [4.69, 9.17) is 15.0 Å². The summed E-state index contributed by atoms with van der Waals surface area (Å²) in [6.45, 7) is 7.16. The number of hydrogen-bond acceptors (Lipinski definition) is 5. The molecule has 2 bridgehead atoms. The van der Waals surface area contributed by atoms with Gasteiger partial charge in [0, 0.05) is 33.8 Å². The number of carbonyl (C=O) groups is 1. The van der Waals surface area contributed by atoms with Crippen LogP contribution in [0.4, 0.5) is 4.39 Å². The van der Waals surface area contributed by atoms with Crippen molar-refractivity contribution in [1.29, 1.82) is 0 Å². The van der Waals surface area contributed by atoms with Crippen molar-refractivity contribution in [1.82, 2.24) is 9.72 Å². The summed E-state index contributed by atoms with van der Waals surface area (Å²) < 4.78 is 29.6. The first kappa shape index (κ1) is 23.2. The molecule has 7 nitrogen and oxygen atoms in total. The van der Waals surface area contributed by atoms with Crippen LogP contribution in [0.5, 0.6) is 0 Å². The molecule has 3 N–H and O–H groups in total. The van der Waals surface area contributed by atoms with Gasteiger partial charge in [0.25, 0.3) is 0 Å². The van der Waals surface area contributed by atoms with Crippen LogP contribution in [-0.2, 0) is 16.9 Å². The van der Waals surface area contributed by atoms with Gasteiger partial charge in [0.15, 0.2) is 5.67 Å². The number of aryl methyl sites for hydroxylation is 2. The van der Waals surface area contributed by atoms with Crippen LogP contribution in [-0.4, -0.2) is 38.6 Å². The van der Waals surface area contributed by atoms with E-state index in [9.17, 15) is 9.90 Å². The number of aliphatic hydroxyl groups is 1. The van der Waals surface area contributed by atoms with E-state index in [2.05, 4.69) is 5.16 Å². The lowest BCUT2D eigenvalue weighted by atomic mass is 9.86. The van der Waals surface area contributed by atoms with Crippen LogP contribution < -0.4 is 5.73 Å². The van der Waals surface area contributed by atoms with Crippen LogP contribution in [0.15, 0.2) is 34.9 Å². The Hall–Kier alpha value is -3.23. The highest BCUT2D eigenvalue weighted by molar-refractivity contribution is 6.19. The molecule has 2 aliphatic rings. The van der Waals surface area contributed by atoms with Gasteiger partial charge in [-0.15, -0.1) is 0 Å². The fourth-order valence-corrected chi connectivity index (χ4v) is 6.18. The van der Waals surface area contributed by atoms with E-state index in [1.54, 1.807) is 19.9 Å². The molecule has 8 heteroatoms. The third-order valence-corrected chi connectivity index (χ3v) is 7.93. The quantitative estimate of drug-likeness (QED) is 0.407. The van der Waals surface area contributed by atoms with Gasteiger partial charge in [-0.1, -0.05) is 17.3 Å². The third kappa shape index (κ3) is 3.38. The molecule has 0 unspecified atom stereocenters. The van der Waals surface area contributed by atoms with Crippen LogP contribution >= 0.6 is 0 Å². The fourth-order valence-electron chi connectivity index (χ4n) is 6.18. The lowest BCUT2D eigenvalue weighted by Gasteiger charge is -2.28. The van der Waals surface area contributed by atoms with Crippen molar-refractivity contribution < 1.29 is 23.6 Å². The summed E-state index contributed by atoms with van der Waals surface area (Å²) in [5.74, 6) is 0.0511. The summed E-state index contributed by atoms with van der Waals surface area (Å²) in [6, 6.07) is 9.32. The molecule has 0 saturated carbocycles. The average molecular weight is 492 g/mol. The first-order valence-corrected chi connectivity index (χ1v) is 12.4. The molecule has 1 amide bonds. The number of nitrogens with two attached hydrogens (primary N) is 1. The minimum absolute atomic E-state index is 0.0564. The second kappa shape index (κ2) is 7.63. The SMILES string of the molecule is Cc1noc(C)c1-c1cc(C(N)=O)c2c3ccc(C(C)(C)O)cc3n(C[C@@]3(F)C[C@@H]4CC[C@H]3O4)c2c1. The molecule has 0 radical (unpaired) electrons. The van der Waals surface area contributed by atoms with Gasteiger partial charge in [-0.05, 0) is 69.9 Å². The van der Waals surface area contributed by atoms with Crippen molar-refractivity contribution in [3.05, 3.63) is 52.9 Å². The predicted octanol–water partition coefficient (Wildman–Crippen LogP) is 5.05. The third-order valence-electron chi connectivity index (χ3n) is 7.93. The molecule has 4 heterocycles. The lowest BCUT2D eigenvalue weighted by molar-refractivity contribution is 0.0263. The zero-order valence-electron chi connectivity index (χ0n) is 20.9. The Morgan fingerprint density at radius 2 is 2.03 bits per heavy atom. The number of ether oxygens (including phenoxy) is 1. The van der Waals surface area contributed by atoms with Gasteiger partial charge in [-0.2, -0.15) is 0 Å². The van der Waals surface area contributed by atoms with E-state index in [-0.39, 0.29) is 12.6 Å². The van der Waals surface area contributed by atoms with Crippen molar-refractivity contribution in [3.8, 4) is 11.1 Å². The summed E-state index contributed by atoms with van der Waals surface area (Å²) in [5, 5.41) is 16.2. The lowest BCUT2D eigenvalue weighted by Crippen LogP contribution is -2.39. The number of aromatic nitrogens is 2. The Kier molecular flexibility index (Phi) is 4.92. The van der Waals surface area contributed by atoms with Crippen LogP contribution in [0.1, 0.15) is 60.5 Å². The maximum atomic E-state index is 16.4. The number of hydrogen-bond donors (Lipinski definition) is 2. The molecular formula is C28H30FN3O4. The van der Waals surface area contributed by atoms with Crippen molar-refractivity contribution in [3.63, 3.8) is 0 Å². The molecule has 4 aromatic rings. The fraction of sp³-hybridized carbons (Fsp3) is 0.429. The highest BCUT2D eigenvalue weighted by Crippen LogP contribution is 2.47. The van der Waals surface area contributed by atoms with E-state index < -0.39 is 23.3 Å². The predicted molar refractivity (Wildman–Crippen MR) is 135 cm³/mol. The van der Waals surface area contributed by atoms with Gasteiger partial charge >= 0.3 is 0 Å². The maximum Gasteiger partial charge on any atom is 0.249 e. The van der Waals surface area contributed by atoms with Crippen LogP contribution in [0.3, 0.4) is 0 Å². The second-order valence-corrected chi connectivity index (χ2v) is 10.9. The summed E-state index contributed by atoms with van der Waals surface area (Å²) in [4.78, 5) is 12.7.